The maximum Gasteiger partial charge on any atom is 0.0967 e. The van der Waals surface area contributed by atoms with Crippen molar-refractivity contribution in [3.8, 4) is 0 Å². The molecule has 1 aliphatic rings. The lowest BCUT2D eigenvalue weighted by atomic mass is 10.1. The van der Waals surface area contributed by atoms with Gasteiger partial charge in [-0.3, -0.25) is 9.80 Å². The molecule has 3 aromatic rings. The second-order valence-corrected chi connectivity index (χ2v) is 7.94. The number of aromatic nitrogens is 3. The van der Waals surface area contributed by atoms with Crippen LogP contribution in [0.1, 0.15) is 22.4 Å². The lowest BCUT2D eigenvalue weighted by Crippen LogP contribution is -2.45. The molecule has 2 heterocycles. The van der Waals surface area contributed by atoms with Gasteiger partial charge in [-0.15, -0.1) is 5.10 Å². The molecular weight excluding hydrogens is 370 g/mol. The van der Waals surface area contributed by atoms with Gasteiger partial charge < -0.3 is 0 Å². The number of nitrogens with zero attached hydrogens (tertiary/aromatic N) is 5. The number of piperazine rings is 1. The van der Waals surface area contributed by atoms with Gasteiger partial charge in [-0.25, -0.2) is 4.68 Å². The largest absolute Gasteiger partial charge is 0.297 e. The molecule has 4 rings (SSSR count). The third kappa shape index (κ3) is 4.98. The zero-order chi connectivity index (χ0) is 19.3. The van der Waals surface area contributed by atoms with E-state index in [1.165, 1.54) is 11.1 Å². The first-order valence-corrected chi connectivity index (χ1v) is 10.2. The predicted octanol–water partition coefficient (Wildman–Crippen LogP) is 3.61. The van der Waals surface area contributed by atoms with Crippen LogP contribution >= 0.6 is 11.6 Å². The molecule has 1 aliphatic heterocycles. The maximum atomic E-state index is 6.24. The fraction of sp³-hybridized carbons (Fsp3) is 0.364. The quantitative estimate of drug-likeness (QED) is 0.639. The Morgan fingerprint density at radius 1 is 0.857 bits per heavy atom. The normalized spacial score (nSPS) is 15.8. The summed E-state index contributed by atoms with van der Waals surface area (Å²) in [5, 5.41) is 9.38. The van der Waals surface area contributed by atoms with Crippen LogP contribution in [-0.4, -0.2) is 51.0 Å². The summed E-state index contributed by atoms with van der Waals surface area (Å²) in [5.74, 6) is 0. The Hall–Kier alpha value is -2.21. The summed E-state index contributed by atoms with van der Waals surface area (Å²) in [4.78, 5) is 4.98. The molecule has 2 aromatic carbocycles. The van der Waals surface area contributed by atoms with Gasteiger partial charge in [0.1, 0.15) is 0 Å². The Labute approximate surface area is 171 Å². The molecule has 0 bridgehead atoms. The highest BCUT2D eigenvalue weighted by Gasteiger charge is 2.18. The molecule has 0 saturated carbocycles. The lowest BCUT2D eigenvalue weighted by molar-refractivity contribution is 0.121. The summed E-state index contributed by atoms with van der Waals surface area (Å²) >= 11 is 6.24. The monoisotopic (exact) mass is 395 g/mol. The van der Waals surface area contributed by atoms with Crippen LogP contribution in [0.25, 0.3) is 0 Å². The minimum absolute atomic E-state index is 0.650. The van der Waals surface area contributed by atoms with Crippen LogP contribution in [0.5, 0.6) is 0 Å². The van der Waals surface area contributed by atoms with Crippen molar-refractivity contribution in [2.75, 3.05) is 26.2 Å². The molecule has 0 radical (unpaired) electrons. The Balaban J connectivity index is 1.26. The second-order valence-electron chi connectivity index (χ2n) is 7.54. The average Bonchev–Trinajstić information content (AvgIpc) is 3.14. The maximum absolute atomic E-state index is 6.24. The highest BCUT2D eigenvalue weighted by atomic mass is 35.5. The predicted molar refractivity (Wildman–Crippen MR) is 112 cm³/mol. The number of benzene rings is 2. The Kier molecular flexibility index (Phi) is 6.05. The molecule has 6 heteroatoms. The Morgan fingerprint density at radius 2 is 1.54 bits per heavy atom. The number of halogens is 1. The van der Waals surface area contributed by atoms with E-state index in [1.54, 1.807) is 0 Å². The van der Waals surface area contributed by atoms with Gasteiger partial charge in [0.25, 0.3) is 0 Å². The minimum atomic E-state index is 0.650. The summed E-state index contributed by atoms with van der Waals surface area (Å²) in [6.07, 6.45) is 2.03. The SMILES string of the molecule is Cc1ccc(CN2CCN(Cc3cn(Cc4ccccc4Cl)nn3)CC2)cc1. The molecule has 1 fully saturated rings. The smallest absolute Gasteiger partial charge is 0.0967 e. The van der Waals surface area contributed by atoms with Crippen molar-refractivity contribution in [2.45, 2.75) is 26.6 Å². The zero-order valence-corrected chi connectivity index (χ0v) is 17.0. The van der Waals surface area contributed by atoms with Crippen LogP contribution in [0.3, 0.4) is 0 Å². The van der Waals surface area contributed by atoms with E-state index in [1.807, 2.05) is 35.1 Å². The number of hydrogen-bond donors (Lipinski definition) is 0. The van der Waals surface area contributed by atoms with Gasteiger partial charge in [0.2, 0.25) is 0 Å². The van der Waals surface area contributed by atoms with Crippen molar-refractivity contribution < 1.29 is 0 Å². The second kappa shape index (κ2) is 8.86. The van der Waals surface area contributed by atoms with Gasteiger partial charge in [-0.05, 0) is 24.1 Å². The van der Waals surface area contributed by atoms with Gasteiger partial charge in [0.05, 0.1) is 18.4 Å². The van der Waals surface area contributed by atoms with E-state index in [2.05, 4.69) is 51.3 Å². The molecule has 0 atom stereocenters. The van der Waals surface area contributed by atoms with E-state index >= 15 is 0 Å². The first-order chi connectivity index (χ1) is 13.7. The molecule has 0 aliphatic carbocycles. The van der Waals surface area contributed by atoms with E-state index < -0.39 is 0 Å². The highest BCUT2D eigenvalue weighted by molar-refractivity contribution is 6.31. The van der Waals surface area contributed by atoms with Gasteiger partial charge >= 0.3 is 0 Å². The van der Waals surface area contributed by atoms with E-state index in [0.29, 0.717) is 6.54 Å². The first kappa shape index (κ1) is 19.1. The summed E-state index contributed by atoms with van der Waals surface area (Å²) in [6, 6.07) is 16.7. The Bertz CT molecular complexity index is 897. The van der Waals surface area contributed by atoms with Crippen molar-refractivity contribution in [3.05, 3.63) is 82.1 Å². The Morgan fingerprint density at radius 3 is 2.25 bits per heavy atom. The van der Waals surface area contributed by atoms with Crippen LogP contribution in [0.4, 0.5) is 0 Å². The molecule has 0 amide bonds. The summed E-state index contributed by atoms with van der Waals surface area (Å²) in [6.45, 7) is 8.95. The fourth-order valence-corrected chi connectivity index (χ4v) is 3.77. The van der Waals surface area contributed by atoms with Gasteiger partial charge in [0.15, 0.2) is 0 Å². The van der Waals surface area contributed by atoms with E-state index in [0.717, 1.165) is 55.5 Å². The van der Waals surface area contributed by atoms with Crippen molar-refractivity contribution in [2.24, 2.45) is 0 Å². The molecule has 28 heavy (non-hydrogen) atoms. The molecule has 1 aromatic heterocycles. The van der Waals surface area contributed by atoms with Gasteiger partial charge in [0, 0.05) is 44.3 Å². The van der Waals surface area contributed by atoms with E-state index in [-0.39, 0.29) is 0 Å². The highest BCUT2D eigenvalue weighted by Crippen LogP contribution is 2.16. The van der Waals surface area contributed by atoms with Crippen molar-refractivity contribution in [3.63, 3.8) is 0 Å². The molecule has 0 unspecified atom stereocenters. The van der Waals surface area contributed by atoms with Crippen molar-refractivity contribution in [1.29, 1.82) is 0 Å². The third-order valence-electron chi connectivity index (χ3n) is 5.25. The third-order valence-corrected chi connectivity index (χ3v) is 5.62. The van der Waals surface area contributed by atoms with Crippen LogP contribution in [0.2, 0.25) is 5.02 Å². The molecular formula is C22H26ClN5. The molecule has 0 N–H and O–H groups in total. The average molecular weight is 396 g/mol. The van der Waals surface area contributed by atoms with E-state index in [9.17, 15) is 0 Å². The minimum Gasteiger partial charge on any atom is -0.297 e. The first-order valence-electron chi connectivity index (χ1n) is 9.78. The van der Waals surface area contributed by atoms with Gasteiger partial charge in [-0.2, -0.15) is 0 Å². The van der Waals surface area contributed by atoms with Crippen LogP contribution < -0.4 is 0 Å². The van der Waals surface area contributed by atoms with Crippen molar-refractivity contribution >= 4 is 11.6 Å². The lowest BCUT2D eigenvalue weighted by Gasteiger charge is -2.34. The summed E-state index contributed by atoms with van der Waals surface area (Å²) in [5.41, 5.74) is 4.78. The molecule has 0 spiro atoms. The van der Waals surface area contributed by atoms with Crippen molar-refractivity contribution in [1.82, 2.24) is 24.8 Å². The van der Waals surface area contributed by atoms with E-state index in [4.69, 9.17) is 11.6 Å². The zero-order valence-electron chi connectivity index (χ0n) is 16.3. The van der Waals surface area contributed by atoms with Crippen LogP contribution in [0.15, 0.2) is 54.7 Å². The number of aryl methyl sites for hydroxylation is 1. The summed E-state index contributed by atoms with van der Waals surface area (Å²) in [7, 11) is 0. The summed E-state index contributed by atoms with van der Waals surface area (Å²) < 4.78 is 1.87. The number of rotatable bonds is 6. The fourth-order valence-electron chi connectivity index (χ4n) is 3.58. The molecule has 5 nitrogen and oxygen atoms in total. The molecule has 146 valence electrons. The topological polar surface area (TPSA) is 37.2 Å². The van der Waals surface area contributed by atoms with Crippen LogP contribution in [0, 0.1) is 6.92 Å². The van der Waals surface area contributed by atoms with Crippen LogP contribution in [-0.2, 0) is 19.6 Å². The number of hydrogen-bond acceptors (Lipinski definition) is 4. The molecule has 1 saturated heterocycles. The van der Waals surface area contributed by atoms with Gasteiger partial charge in [-0.1, -0.05) is 64.8 Å². The standard InChI is InChI=1S/C22H26ClN5/c1-18-6-8-19(9-7-18)14-26-10-12-27(13-11-26)16-21-17-28(25-24-21)15-20-4-2-3-5-22(20)23/h2-9,17H,10-16H2,1H3.